The maximum absolute atomic E-state index is 14.4. The number of hydrogen-bond donors (Lipinski definition) is 4. The molecule has 0 aliphatic heterocycles. The molecule has 2 atom stereocenters. The van der Waals surface area contributed by atoms with Crippen LogP contribution in [0.15, 0.2) is 78.9 Å². The Bertz CT molecular complexity index is 2140. The molecule has 0 saturated heterocycles. The highest BCUT2D eigenvalue weighted by Crippen LogP contribution is 2.46. The van der Waals surface area contributed by atoms with Crippen molar-refractivity contribution in [3.63, 3.8) is 0 Å². The molecule has 4 aromatic rings. The van der Waals surface area contributed by atoms with Crippen LogP contribution in [0.4, 0.5) is 22.7 Å². The number of aliphatic hydroxyl groups excluding tert-OH is 1. The quantitative estimate of drug-likeness (QED) is 0.0438. The van der Waals surface area contributed by atoms with Crippen molar-refractivity contribution in [3.8, 4) is 6.07 Å². The maximum atomic E-state index is 14.4. The van der Waals surface area contributed by atoms with Gasteiger partial charge >= 0.3 is 0 Å². The Balaban J connectivity index is 1.22. The van der Waals surface area contributed by atoms with Crippen LogP contribution in [-0.4, -0.2) is 71.0 Å². The van der Waals surface area contributed by atoms with E-state index < -0.39 is 26.3 Å². The van der Waals surface area contributed by atoms with E-state index in [1.807, 2.05) is 94.7 Å². The Labute approximate surface area is 341 Å². The van der Waals surface area contributed by atoms with Crippen molar-refractivity contribution in [1.82, 2.24) is 9.99 Å². The van der Waals surface area contributed by atoms with Crippen LogP contribution in [-0.2, 0) is 13.8 Å². The highest BCUT2D eigenvalue weighted by Gasteiger charge is 2.35. The van der Waals surface area contributed by atoms with E-state index in [-0.39, 0.29) is 90.5 Å². The van der Waals surface area contributed by atoms with Gasteiger partial charge in [0.1, 0.15) is 5.78 Å². The molecule has 0 fully saturated rings. The van der Waals surface area contributed by atoms with Crippen LogP contribution >= 0.6 is 8.53 Å². The number of rotatable bonds is 20. The lowest BCUT2D eigenvalue weighted by atomic mass is 9.81. The summed E-state index contributed by atoms with van der Waals surface area (Å²) in [4.78, 5) is 54.6. The number of Topliss-reactive ketones (excluding diaryl/α,β-unsaturated/α-hetero) is 1. The van der Waals surface area contributed by atoms with Gasteiger partial charge in [0.2, 0.25) is 0 Å². The number of amides is 1. The molecule has 4 N–H and O–H groups in total. The summed E-state index contributed by atoms with van der Waals surface area (Å²) in [7, 11) is -1.54. The van der Waals surface area contributed by atoms with Crippen molar-refractivity contribution in [3.05, 3.63) is 118 Å². The van der Waals surface area contributed by atoms with E-state index in [4.69, 9.17) is 14.3 Å². The van der Waals surface area contributed by atoms with Crippen molar-refractivity contribution in [2.75, 3.05) is 30.4 Å². The standard InChI is InChI=1S/C45H52N5O7P/c1-28(2)50(29(3)4)58(56-24-8-22-46)57-27-36(52)26-35(51)9-7-23-47-45(55)32-14-19-37-38(25-32)44(54)42-40(49-34-17-12-31(6)13-18-34)21-20-39(41(42)43(37)53)48-33-15-10-30(5)11-16-33/h10-21,25,28-29,36,48-49,52H,7-9,23-24,26-27H2,1-6H3,(H,47,55). The van der Waals surface area contributed by atoms with Gasteiger partial charge in [-0.2, -0.15) is 5.26 Å². The number of aliphatic hydroxyl groups is 1. The summed E-state index contributed by atoms with van der Waals surface area (Å²) >= 11 is 0. The van der Waals surface area contributed by atoms with Gasteiger partial charge in [-0.05, 0) is 103 Å². The first-order valence-electron chi connectivity index (χ1n) is 19.5. The summed E-state index contributed by atoms with van der Waals surface area (Å²) < 4.78 is 13.8. The van der Waals surface area contributed by atoms with Crippen LogP contribution in [0.5, 0.6) is 0 Å². The number of ketones is 3. The Morgan fingerprint density at radius 1 is 0.793 bits per heavy atom. The van der Waals surface area contributed by atoms with Crippen molar-refractivity contribution >= 4 is 54.5 Å². The van der Waals surface area contributed by atoms with E-state index in [9.17, 15) is 24.3 Å². The number of fused-ring (bicyclic) bond motifs is 2. The molecular formula is C45H52N5O7P. The van der Waals surface area contributed by atoms with Crippen LogP contribution in [0, 0.1) is 25.2 Å². The summed E-state index contributed by atoms with van der Waals surface area (Å²) in [5.74, 6) is -1.37. The maximum Gasteiger partial charge on any atom is 0.259 e. The highest BCUT2D eigenvalue weighted by atomic mass is 31.2. The first-order valence-corrected chi connectivity index (χ1v) is 20.7. The summed E-state index contributed by atoms with van der Waals surface area (Å²) in [6.45, 7) is 12.3. The third-order valence-electron chi connectivity index (χ3n) is 9.51. The third-order valence-corrected chi connectivity index (χ3v) is 11.6. The molecule has 2 unspecified atom stereocenters. The molecule has 1 aliphatic carbocycles. The first-order chi connectivity index (χ1) is 27.8. The molecule has 0 radical (unpaired) electrons. The summed E-state index contributed by atoms with van der Waals surface area (Å²) in [6, 6.07) is 25.7. The molecule has 58 heavy (non-hydrogen) atoms. The molecule has 1 amide bonds. The number of anilines is 4. The van der Waals surface area contributed by atoms with Crippen LogP contribution in [0.1, 0.15) is 107 Å². The topological polar surface area (TPSA) is 170 Å². The van der Waals surface area contributed by atoms with Gasteiger partial charge in [-0.25, -0.2) is 4.67 Å². The molecule has 5 rings (SSSR count). The number of aryl methyl sites for hydroxylation is 2. The van der Waals surface area contributed by atoms with E-state index in [0.717, 1.165) is 22.5 Å². The molecule has 0 bridgehead atoms. The Morgan fingerprint density at radius 2 is 1.34 bits per heavy atom. The lowest BCUT2D eigenvalue weighted by Crippen LogP contribution is -2.34. The molecule has 0 spiro atoms. The Kier molecular flexibility index (Phi) is 15.4. The van der Waals surface area contributed by atoms with Gasteiger partial charge in [0.25, 0.3) is 14.4 Å². The third kappa shape index (κ3) is 11.2. The molecular weight excluding hydrogens is 753 g/mol. The number of nitrogens with one attached hydrogen (secondary N) is 3. The van der Waals surface area contributed by atoms with Gasteiger partial charge in [-0.15, -0.1) is 0 Å². The minimum atomic E-state index is -1.54. The van der Waals surface area contributed by atoms with E-state index in [1.54, 1.807) is 12.1 Å². The average Bonchev–Trinajstić information content (AvgIpc) is 3.19. The molecule has 0 saturated carbocycles. The van der Waals surface area contributed by atoms with E-state index in [2.05, 4.69) is 22.0 Å². The zero-order chi connectivity index (χ0) is 41.9. The van der Waals surface area contributed by atoms with E-state index in [0.29, 0.717) is 17.8 Å². The van der Waals surface area contributed by atoms with Gasteiger partial charge < -0.3 is 30.1 Å². The normalized spacial score (nSPS) is 13.2. The monoisotopic (exact) mass is 805 g/mol. The highest BCUT2D eigenvalue weighted by molar-refractivity contribution is 7.44. The molecule has 13 heteroatoms. The molecule has 4 aromatic carbocycles. The number of nitriles is 1. The zero-order valence-electron chi connectivity index (χ0n) is 33.9. The number of carbonyl (C=O) groups excluding carboxylic acids is 4. The first kappa shape index (κ1) is 43.8. The van der Waals surface area contributed by atoms with E-state index in [1.165, 1.54) is 18.2 Å². The van der Waals surface area contributed by atoms with Gasteiger partial charge in [-0.1, -0.05) is 35.4 Å². The van der Waals surface area contributed by atoms with Crippen molar-refractivity contribution < 1.29 is 33.3 Å². The second-order valence-corrected chi connectivity index (χ2v) is 16.4. The van der Waals surface area contributed by atoms with Gasteiger partial charge in [0, 0.05) is 59.5 Å². The predicted molar refractivity (Wildman–Crippen MR) is 227 cm³/mol. The van der Waals surface area contributed by atoms with Crippen LogP contribution < -0.4 is 16.0 Å². The zero-order valence-corrected chi connectivity index (χ0v) is 34.8. The van der Waals surface area contributed by atoms with Crippen molar-refractivity contribution in [2.45, 2.75) is 85.4 Å². The lowest BCUT2D eigenvalue weighted by Gasteiger charge is -2.35. The minimum absolute atomic E-state index is 0.100. The second-order valence-electron chi connectivity index (χ2n) is 14.9. The molecule has 0 aromatic heterocycles. The number of benzene rings is 4. The SMILES string of the molecule is Cc1ccc(Nc2ccc(Nc3ccc(C)cc3)c3c2C(=O)c2ccc(C(=O)NCCCC(=O)CC(O)COP(OCCC#N)N(C(C)C)C(C)C)cc2C3=O)cc1. The minimum Gasteiger partial charge on any atom is -0.390 e. The van der Waals surface area contributed by atoms with Crippen molar-refractivity contribution in [2.24, 2.45) is 0 Å². The Morgan fingerprint density at radius 3 is 1.88 bits per heavy atom. The fourth-order valence-corrected chi connectivity index (χ4v) is 8.33. The van der Waals surface area contributed by atoms with E-state index >= 15 is 0 Å². The predicted octanol–water partition coefficient (Wildman–Crippen LogP) is 8.69. The molecule has 304 valence electrons. The fraction of sp³-hybridized carbons (Fsp3) is 0.356. The van der Waals surface area contributed by atoms with Gasteiger partial charge in [-0.3, -0.25) is 19.2 Å². The summed E-state index contributed by atoms with van der Waals surface area (Å²) in [5, 5.41) is 29.0. The smallest absolute Gasteiger partial charge is 0.259 e. The summed E-state index contributed by atoms with van der Waals surface area (Å²) in [5.41, 5.74) is 5.61. The second kappa shape index (κ2) is 20.4. The lowest BCUT2D eigenvalue weighted by molar-refractivity contribution is -0.121. The fourth-order valence-electron chi connectivity index (χ4n) is 6.68. The molecule has 0 heterocycles. The largest absolute Gasteiger partial charge is 0.390 e. The number of nitrogens with zero attached hydrogens (tertiary/aromatic N) is 2. The Hall–Kier alpha value is -5.28. The number of hydrogen-bond acceptors (Lipinski definition) is 11. The average molecular weight is 806 g/mol. The van der Waals surface area contributed by atoms with Crippen LogP contribution in [0.2, 0.25) is 0 Å². The van der Waals surface area contributed by atoms with Crippen LogP contribution in [0.3, 0.4) is 0 Å². The van der Waals surface area contributed by atoms with Gasteiger partial charge in [0.05, 0.1) is 54.3 Å². The van der Waals surface area contributed by atoms with Crippen LogP contribution in [0.25, 0.3) is 0 Å². The number of carbonyl (C=O) groups is 4. The summed E-state index contributed by atoms with van der Waals surface area (Å²) in [6.07, 6.45) is -0.500. The molecule has 12 nitrogen and oxygen atoms in total. The molecule has 1 aliphatic rings. The van der Waals surface area contributed by atoms with Gasteiger partial charge in [0.15, 0.2) is 11.6 Å². The van der Waals surface area contributed by atoms with Crippen molar-refractivity contribution in [1.29, 1.82) is 5.26 Å².